The average Bonchev–Trinajstić information content (AvgIpc) is 2.36. The zero-order valence-electron chi connectivity index (χ0n) is 8.38. The first-order valence-electron chi connectivity index (χ1n) is 3.30. The summed E-state index contributed by atoms with van der Waals surface area (Å²) in [6.45, 7) is 15.4. The quantitative estimate of drug-likeness (QED) is 0.195. The van der Waals surface area contributed by atoms with Crippen molar-refractivity contribution in [3.05, 3.63) is 44.3 Å². The Morgan fingerprint density at radius 1 is 1.12 bits per heavy atom. The van der Waals surface area contributed by atoms with Gasteiger partial charge in [-0.15, -0.1) is 0 Å². The number of carbonyl (C=O) groups excluding carboxylic acids is 1. The molecule has 0 atom stereocenters. The Balaban J connectivity index is -0.0000000498. The van der Waals surface area contributed by atoms with E-state index in [0.29, 0.717) is 5.33 Å². The van der Waals surface area contributed by atoms with Crippen LogP contribution in [0.1, 0.15) is 6.92 Å². The Morgan fingerprint density at radius 3 is 1.75 bits per heavy atom. The minimum atomic E-state index is 0. The molecule has 0 aliphatic rings. The second-order valence-corrected chi connectivity index (χ2v) is 2.05. The van der Waals surface area contributed by atoms with Crippen molar-refractivity contribution < 1.29 is 35.8 Å². The van der Waals surface area contributed by atoms with Crippen molar-refractivity contribution >= 4 is 21.7 Å². The molecule has 16 heavy (non-hydrogen) atoms. The molecule has 0 aliphatic carbocycles. The van der Waals surface area contributed by atoms with Gasteiger partial charge in [0.25, 0.3) is 0 Å². The molecule has 88 valence electrons. The molecule has 6 heteroatoms. The van der Waals surface area contributed by atoms with Crippen LogP contribution in [0.2, 0.25) is 0 Å². The third-order valence-corrected chi connectivity index (χ3v) is 1.27. The van der Waals surface area contributed by atoms with E-state index in [2.05, 4.69) is 35.9 Å². The maximum absolute atomic E-state index is 10.5. The van der Waals surface area contributed by atoms with Crippen LogP contribution in [0.25, 0.3) is 0 Å². The second-order valence-electron chi connectivity index (χ2n) is 1.48. The molecule has 0 saturated heterocycles. The van der Waals surface area contributed by atoms with Crippen molar-refractivity contribution in [3.63, 3.8) is 0 Å². The summed E-state index contributed by atoms with van der Waals surface area (Å²) in [4.78, 5) is 10.5. The summed E-state index contributed by atoms with van der Waals surface area (Å²) in [5.74, 6) is 0.0908. The van der Waals surface area contributed by atoms with E-state index in [9.17, 15) is 4.79 Å². The van der Waals surface area contributed by atoms with Gasteiger partial charge in [0.15, 0.2) is 5.78 Å². The minimum absolute atomic E-state index is 0. The van der Waals surface area contributed by atoms with Crippen molar-refractivity contribution in [3.8, 4) is 0 Å². The molecular formula is C10H9BrFeO4. The Morgan fingerprint density at radius 2 is 1.50 bits per heavy atom. The molecule has 4 nitrogen and oxygen atoms in total. The number of rotatable bonds is 3. The van der Waals surface area contributed by atoms with Crippen molar-refractivity contribution in [2.45, 2.75) is 6.92 Å². The third kappa shape index (κ3) is 50.4. The fourth-order valence-electron chi connectivity index (χ4n) is 0.319. The Bertz CT molecular complexity index is 227. The van der Waals surface area contributed by atoms with Crippen LogP contribution in [0.3, 0.4) is 0 Å². The van der Waals surface area contributed by atoms with Crippen LogP contribution in [-0.2, 0) is 35.8 Å². The largest absolute Gasteiger partial charge is 0 e. The molecule has 0 amide bonds. The van der Waals surface area contributed by atoms with Crippen molar-refractivity contribution in [1.29, 1.82) is 0 Å². The minimum Gasteiger partial charge on any atom is 0 e. The smallest absolute Gasteiger partial charge is 0 e. The van der Waals surface area contributed by atoms with Crippen LogP contribution in [-0.4, -0.2) is 11.1 Å². The first-order valence-corrected chi connectivity index (χ1v) is 4.42. The zero-order valence-corrected chi connectivity index (χ0v) is 11.1. The van der Waals surface area contributed by atoms with Gasteiger partial charge < -0.3 is 0 Å². The van der Waals surface area contributed by atoms with E-state index in [-0.39, 0.29) is 22.9 Å². The predicted molar refractivity (Wildman–Crippen MR) is 54.5 cm³/mol. The molecule has 0 aliphatic heterocycles. The molecule has 0 radical (unpaired) electrons. The van der Waals surface area contributed by atoms with Crippen LogP contribution in [0.4, 0.5) is 0 Å². The Kier molecular flexibility index (Phi) is 87.2. The summed E-state index contributed by atoms with van der Waals surface area (Å²) in [5.41, 5.74) is 0. The average molecular weight is 329 g/mol. The number of carbonyl (C=O) groups is 1. The molecule has 0 aromatic carbocycles. The van der Waals surface area contributed by atoms with Crippen LogP contribution < -0.4 is 0 Å². The van der Waals surface area contributed by atoms with Gasteiger partial charge in [-0.05, 0) is 13.0 Å². The number of halogens is 1. The molecule has 0 unspecified atom stereocenters. The standard InChI is InChI=1S/C7H9BrO.3CO.Fe/c1-2-3-4-5-7(9)6-8;3*1-2;/h2-5H,6H2,1H3;;;;. The molecule has 0 rings (SSSR count). The number of allylic oxidation sites excluding steroid dienone is 4. The van der Waals surface area contributed by atoms with Gasteiger partial charge in [-0.1, -0.05) is 34.2 Å². The molecule has 0 fully saturated rings. The van der Waals surface area contributed by atoms with Gasteiger partial charge in [-0.3, -0.25) is 4.79 Å². The summed E-state index contributed by atoms with van der Waals surface area (Å²) in [6, 6.07) is 0. The fraction of sp³-hybridized carbons (Fsp3) is 0.200. The van der Waals surface area contributed by atoms with E-state index in [0.717, 1.165) is 0 Å². The van der Waals surface area contributed by atoms with Gasteiger partial charge >= 0.3 is 33.9 Å². The van der Waals surface area contributed by atoms with Crippen LogP contribution in [0, 0.1) is 20.0 Å². The van der Waals surface area contributed by atoms with E-state index in [1.165, 1.54) is 6.08 Å². The normalized spacial score (nSPS) is 6.75. The number of alkyl halides is 1. The molecular weight excluding hydrogens is 320 g/mol. The third-order valence-electron chi connectivity index (χ3n) is 0.717. The molecule has 0 aromatic rings. The van der Waals surface area contributed by atoms with Gasteiger partial charge in [0.05, 0.1) is 5.33 Å². The van der Waals surface area contributed by atoms with Crippen molar-refractivity contribution in [1.82, 2.24) is 0 Å². The summed E-state index contributed by atoms with van der Waals surface area (Å²) < 4.78 is 22.5. The number of hydrogen-bond donors (Lipinski definition) is 0. The molecule has 0 spiro atoms. The van der Waals surface area contributed by atoms with Gasteiger partial charge in [0.1, 0.15) is 0 Å². The first kappa shape index (κ1) is 29.5. The Hall–Kier alpha value is -0.631. The van der Waals surface area contributed by atoms with Gasteiger partial charge in [-0.25, -0.2) is 0 Å². The summed E-state index contributed by atoms with van der Waals surface area (Å²) in [6.07, 6.45) is 6.96. The van der Waals surface area contributed by atoms with Crippen LogP contribution >= 0.6 is 15.9 Å². The fourth-order valence-corrected chi connectivity index (χ4v) is 0.505. The van der Waals surface area contributed by atoms with Gasteiger partial charge in [0.2, 0.25) is 0 Å². The molecule has 0 saturated carbocycles. The van der Waals surface area contributed by atoms with Crippen molar-refractivity contribution in [2.75, 3.05) is 5.33 Å². The number of ketones is 1. The monoisotopic (exact) mass is 328 g/mol. The summed E-state index contributed by atoms with van der Waals surface area (Å²) in [7, 11) is 0. The van der Waals surface area contributed by atoms with Gasteiger partial charge in [0, 0.05) is 17.1 Å². The van der Waals surface area contributed by atoms with E-state index < -0.39 is 0 Å². The maximum Gasteiger partial charge on any atom is 0 e. The molecule has 0 heterocycles. The summed E-state index contributed by atoms with van der Waals surface area (Å²) >= 11 is 3.04. The van der Waals surface area contributed by atoms with Gasteiger partial charge in [-0.2, -0.15) is 0 Å². The van der Waals surface area contributed by atoms with E-state index in [4.69, 9.17) is 14.0 Å². The SMILES string of the molecule is CC=CC=CC(=O)CBr.[C-]#[O+].[C-]#[O+].[C-]#[O+].[Fe]. The van der Waals surface area contributed by atoms with E-state index in [1.807, 2.05) is 19.1 Å². The molecule has 0 aromatic heterocycles. The van der Waals surface area contributed by atoms with Crippen LogP contribution in [0.15, 0.2) is 24.3 Å². The van der Waals surface area contributed by atoms with Crippen molar-refractivity contribution in [2.24, 2.45) is 0 Å². The van der Waals surface area contributed by atoms with Crippen LogP contribution in [0.5, 0.6) is 0 Å². The topological polar surface area (TPSA) is 76.8 Å². The maximum atomic E-state index is 10.5. The first-order chi connectivity index (χ1) is 7.31. The Labute approximate surface area is 114 Å². The predicted octanol–water partition coefficient (Wildman–Crippen LogP) is 1.97. The van der Waals surface area contributed by atoms with E-state index >= 15 is 0 Å². The molecule has 0 N–H and O–H groups in total. The van der Waals surface area contributed by atoms with E-state index in [1.54, 1.807) is 6.08 Å². The zero-order chi connectivity index (χ0) is 13.1. The second kappa shape index (κ2) is 47.3. The number of hydrogen-bond acceptors (Lipinski definition) is 1. The molecule has 0 bridgehead atoms. The summed E-state index contributed by atoms with van der Waals surface area (Å²) in [5, 5.41) is 0.404.